The molecule has 9 heteroatoms. The third-order valence-electron chi connectivity index (χ3n) is 6.71. The fourth-order valence-corrected chi connectivity index (χ4v) is 5.02. The second-order valence-corrected chi connectivity index (χ2v) is 10.1. The molecule has 1 aliphatic rings. The normalized spacial score (nSPS) is 13.1. The number of halogens is 2. The molecule has 2 amide bonds. The van der Waals surface area contributed by atoms with E-state index >= 15 is 0 Å². The molecule has 5 rings (SSSR count). The summed E-state index contributed by atoms with van der Waals surface area (Å²) in [7, 11) is 0. The average Bonchev–Trinajstić information content (AvgIpc) is 3.28. The first kappa shape index (κ1) is 25.8. The number of phenols is 1. The molecule has 0 aliphatic heterocycles. The maximum atomic E-state index is 13.1. The zero-order valence-electron chi connectivity index (χ0n) is 20.5. The van der Waals surface area contributed by atoms with Crippen LogP contribution in [0.5, 0.6) is 5.75 Å². The smallest absolute Gasteiger partial charge is 0.342 e. The number of carbonyl (C=O) groups excluding carboxylic acids is 2. The van der Waals surface area contributed by atoms with Crippen LogP contribution in [0.25, 0.3) is 11.3 Å². The Bertz CT molecular complexity index is 1460. The molecule has 0 atom stereocenters. The number of nitrogens with zero attached hydrogens (tertiary/aromatic N) is 2. The molecule has 3 N–H and O–H groups in total. The van der Waals surface area contributed by atoms with Crippen LogP contribution in [0.15, 0.2) is 72.8 Å². The van der Waals surface area contributed by atoms with Gasteiger partial charge in [-0.2, -0.15) is 9.78 Å². The Morgan fingerprint density at radius 2 is 1.71 bits per heavy atom. The van der Waals surface area contributed by atoms with Crippen molar-refractivity contribution in [2.75, 3.05) is 11.9 Å². The first-order valence-corrected chi connectivity index (χ1v) is 13.2. The van der Waals surface area contributed by atoms with Crippen molar-refractivity contribution in [2.24, 2.45) is 0 Å². The standard InChI is InChI=1S/C29H26Cl2N4O3/c30-22-10-5-11-23(31)27(22)28(37)33-20-12-13-21(26(36)16-20)24-17-25(19-8-4-9-19)35(34-24)29(38)32-15-14-18-6-2-1-3-7-18/h1-3,5-7,10-13,16-17,19,36H,4,8-9,14-15H2,(H,32,38)(H,33,37). The topological polar surface area (TPSA) is 96.3 Å². The minimum absolute atomic E-state index is 0.0812. The van der Waals surface area contributed by atoms with Gasteiger partial charge < -0.3 is 15.7 Å². The molecule has 7 nitrogen and oxygen atoms in total. The van der Waals surface area contributed by atoms with Gasteiger partial charge in [0.2, 0.25) is 0 Å². The van der Waals surface area contributed by atoms with Crippen LogP contribution in [-0.4, -0.2) is 33.4 Å². The predicted octanol–water partition coefficient (Wildman–Crippen LogP) is 6.88. The fourth-order valence-electron chi connectivity index (χ4n) is 4.45. The van der Waals surface area contributed by atoms with Crippen LogP contribution < -0.4 is 10.6 Å². The number of rotatable bonds is 7. The Hall–Kier alpha value is -3.81. The van der Waals surface area contributed by atoms with Gasteiger partial charge in [0.15, 0.2) is 0 Å². The zero-order chi connectivity index (χ0) is 26.6. The first-order valence-electron chi connectivity index (χ1n) is 12.4. The van der Waals surface area contributed by atoms with Gasteiger partial charge in [-0.15, -0.1) is 0 Å². The molecule has 3 aromatic carbocycles. The number of carbonyl (C=O) groups is 2. The molecule has 1 fully saturated rings. The molecule has 0 bridgehead atoms. The van der Waals surface area contributed by atoms with Crippen LogP contribution in [-0.2, 0) is 6.42 Å². The molecule has 4 aromatic rings. The third kappa shape index (κ3) is 5.54. The van der Waals surface area contributed by atoms with E-state index in [-0.39, 0.29) is 33.3 Å². The van der Waals surface area contributed by atoms with Crippen LogP contribution in [0.4, 0.5) is 10.5 Å². The Kier molecular flexibility index (Phi) is 7.67. The SMILES string of the molecule is O=C(Nc1ccc(-c2cc(C3CCC3)n(C(=O)NCCc3ccccc3)n2)c(O)c1)c1c(Cl)cccc1Cl. The maximum Gasteiger partial charge on any atom is 0.342 e. The van der Waals surface area contributed by atoms with Crippen LogP contribution >= 0.6 is 23.2 Å². The van der Waals surface area contributed by atoms with Gasteiger partial charge in [0.1, 0.15) is 5.75 Å². The summed E-state index contributed by atoms with van der Waals surface area (Å²) in [5.74, 6) is -0.323. The number of anilines is 1. The van der Waals surface area contributed by atoms with E-state index in [1.807, 2.05) is 36.4 Å². The van der Waals surface area contributed by atoms with Crippen LogP contribution in [0.3, 0.4) is 0 Å². The Morgan fingerprint density at radius 3 is 2.37 bits per heavy atom. The van der Waals surface area contributed by atoms with Crippen molar-refractivity contribution in [2.45, 2.75) is 31.6 Å². The maximum absolute atomic E-state index is 13.1. The van der Waals surface area contributed by atoms with Crippen LogP contribution in [0, 0.1) is 0 Å². The highest BCUT2D eigenvalue weighted by Gasteiger charge is 2.27. The number of nitrogens with one attached hydrogen (secondary N) is 2. The van der Waals surface area contributed by atoms with Gasteiger partial charge >= 0.3 is 6.03 Å². The summed E-state index contributed by atoms with van der Waals surface area (Å²) in [5.41, 5.74) is 3.42. The van der Waals surface area contributed by atoms with E-state index in [0.717, 1.165) is 30.5 Å². The highest BCUT2D eigenvalue weighted by atomic mass is 35.5. The average molecular weight is 549 g/mol. The van der Waals surface area contributed by atoms with E-state index < -0.39 is 5.91 Å². The van der Waals surface area contributed by atoms with E-state index in [1.54, 1.807) is 30.3 Å². The zero-order valence-corrected chi connectivity index (χ0v) is 22.0. The van der Waals surface area contributed by atoms with Crippen LogP contribution in [0.1, 0.15) is 46.8 Å². The molecule has 0 radical (unpaired) electrons. The van der Waals surface area contributed by atoms with Crippen molar-refractivity contribution >= 4 is 40.8 Å². The molecule has 0 spiro atoms. The molecule has 0 saturated heterocycles. The lowest BCUT2D eigenvalue weighted by Crippen LogP contribution is -2.33. The third-order valence-corrected chi connectivity index (χ3v) is 7.34. The lowest BCUT2D eigenvalue weighted by atomic mass is 9.82. The van der Waals surface area contributed by atoms with E-state index in [0.29, 0.717) is 29.9 Å². The lowest BCUT2D eigenvalue weighted by Gasteiger charge is -2.25. The second kappa shape index (κ2) is 11.3. The summed E-state index contributed by atoms with van der Waals surface area (Å²) in [6.07, 6.45) is 3.80. The van der Waals surface area contributed by atoms with Crippen molar-refractivity contribution in [3.8, 4) is 17.0 Å². The Morgan fingerprint density at radius 1 is 0.974 bits per heavy atom. The number of hydrogen-bond donors (Lipinski definition) is 3. The van der Waals surface area contributed by atoms with Gasteiger partial charge in [0.25, 0.3) is 5.91 Å². The summed E-state index contributed by atoms with van der Waals surface area (Å²) in [4.78, 5) is 25.8. The van der Waals surface area contributed by atoms with Crippen molar-refractivity contribution in [1.82, 2.24) is 15.1 Å². The van der Waals surface area contributed by atoms with Crippen molar-refractivity contribution < 1.29 is 14.7 Å². The second-order valence-electron chi connectivity index (χ2n) is 9.24. The highest BCUT2D eigenvalue weighted by Crippen LogP contribution is 2.39. The molecule has 194 valence electrons. The summed E-state index contributed by atoms with van der Waals surface area (Å²) in [6, 6.07) is 21.1. The van der Waals surface area contributed by atoms with Gasteiger partial charge in [-0.3, -0.25) is 4.79 Å². The molecule has 1 aromatic heterocycles. The summed E-state index contributed by atoms with van der Waals surface area (Å²) < 4.78 is 1.42. The molecular weight excluding hydrogens is 523 g/mol. The van der Waals surface area contributed by atoms with Crippen molar-refractivity contribution in [3.63, 3.8) is 0 Å². The minimum atomic E-state index is -0.489. The summed E-state index contributed by atoms with van der Waals surface area (Å²) in [5, 5.41) is 21.5. The van der Waals surface area contributed by atoms with Crippen molar-refractivity contribution in [3.05, 3.63) is 99.7 Å². The molecular formula is C29H26Cl2N4O3. The quantitative estimate of drug-likeness (QED) is 0.234. The summed E-state index contributed by atoms with van der Waals surface area (Å²) in [6.45, 7) is 0.483. The largest absolute Gasteiger partial charge is 0.507 e. The van der Waals surface area contributed by atoms with Gasteiger partial charge in [-0.05, 0) is 55.2 Å². The number of aromatic hydroxyl groups is 1. The van der Waals surface area contributed by atoms with Crippen LogP contribution in [0.2, 0.25) is 10.0 Å². The van der Waals surface area contributed by atoms with E-state index in [1.165, 1.54) is 10.7 Å². The van der Waals surface area contributed by atoms with Gasteiger partial charge in [-0.1, -0.05) is 66.0 Å². The number of benzene rings is 3. The number of aromatic nitrogens is 2. The monoisotopic (exact) mass is 548 g/mol. The van der Waals surface area contributed by atoms with Gasteiger partial charge in [0.05, 0.1) is 27.0 Å². The number of hydrogen-bond acceptors (Lipinski definition) is 4. The van der Waals surface area contributed by atoms with E-state index in [2.05, 4.69) is 15.7 Å². The van der Waals surface area contributed by atoms with Gasteiger partial charge in [0, 0.05) is 29.8 Å². The Balaban J connectivity index is 1.34. The molecule has 0 unspecified atom stereocenters. The van der Waals surface area contributed by atoms with Crippen molar-refractivity contribution in [1.29, 1.82) is 0 Å². The highest BCUT2D eigenvalue weighted by molar-refractivity contribution is 6.40. The minimum Gasteiger partial charge on any atom is -0.507 e. The summed E-state index contributed by atoms with van der Waals surface area (Å²) >= 11 is 12.3. The molecule has 1 saturated carbocycles. The van der Waals surface area contributed by atoms with E-state index in [9.17, 15) is 14.7 Å². The molecule has 38 heavy (non-hydrogen) atoms. The fraction of sp³-hybridized carbons (Fsp3) is 0.207. The van der Waals surface area contributed by atoms with Gasteiger partial charge in [-0.25, -0.2) is 4.79 Å². The predicted molar refractivity (Wildman–Crippen MR) is 149 cm³/mol. The lowest BCUT2D eigenvalue weighted by molar-refractivity contribution is 0.102. The number of amides is 2. The van der Waals surface area contributed by atoms with E-state index in [4.69, 9.17) is 23.2 Å². The first-order chi connectivity index (χ1) is 18.4. The molecule has 1 aliphatic carbocycles. The molecule has 1 heterocycles. The Labute approximate surface area is 230 Å². The number of phenolic OH excluding ortho intramolecular Hbond substituents is 1.